The second kappa shape index (κ2) is 9.11. The van der Waals surface area contributed by atoms with E-state index in [4.69, 9.17) is 37.4 Å². The van der Waals surface area contributed by atoms with E-state index in [0.29, 0.717) is 39.2 Å². The summed E-state index contributed by atoms with van der Waals surface area (Å²) in [4.78, 5) is 28.8. The van der Waals surface area contributed by atoms with Crippen molar-refractivity contribution in [2.24, 2.45) is 5.92 Å². The summed E-state index contributed by atoms with van der Waals surface area (Å²) in [5.41, 5.74) is 0.153. The number of nitrogens with zero attached hydrogens (tertiary/aromatic N) is 1. The van der Waals surface area contributed by atoms with E-state index in [2.05, 4.69) is 10.6 Å². The summed E-state index contributed by atoms with van der Waals surface area (Å²) < 4.78 is 17.3. The molecule has 1 saturated heterocycles. The molecule has 8 nitrogen and oxygen atoms in total. The Hall–Kier alpha value is -3.62. The molecule has 3 amide bonds. The fourth-order valence-electron chi connectivity index (χ4n) is 4.87. The molecule has 186 valence electrons. The van der Waals surface area contributed by atoms with Crippen LogP contribution in [0.2, 0.25) is 10.0 Å². The lowest BCUT2D eigenvalue weighted by molar-refractivity contribution is -0.131. The zero-order valence-corrected chi connectivity index (χ0v) is 21.2. The van der Waals surface area contributed by atoms with Gasteiger partial charge in [-0.2, -0.15) is 0 Å². The standard InChI is InChI=1S/C26H23Cl2N3O5/c1-26-22(24(32)29-15-10-8-14(27)9-11-15)23(16-6-4-5-7-19(16)36-26)30-25(33)31(26)18-12-17(28)20(34-2)13-21(18)35-3/h4-13,22-23H,1-3H3,(H,29,32)(H,30,33)/t22-,23-,26-/m0/s1. The fraction of sp³-hybridized carbons (Fsp3) is 0.231. The van der Waals surface area contributed by atoms with Crippen LogP contribution >= 0.6 is 23.2 Å². The predicted molar refractivity (Wildman–Crippen MR) is 137 cm³/mol. The Kier molecular flexibility index (Phi) is 6.10. The number of ether oxygens (including phenoxy) is 3. The molecule has 0 aliphatic carbocycles. The minimum atomic E-state index is -1.44. The molecule has 0 unspecified atom stereocenters. The molecule has 2 N–H and O–H groups in total. The molecule has 3 aromatic carbocycles. The number of fused-ring (bicyclic) bond motifs is 4. The Balaban J connectivity index is 1.65. The van der Waals surface area contributed by atoms with Crippen molar-refractivity contribution in [3.63, 3.8) is 0 Å². The van der Waals surface area contributed by atoms with Crippen LogP contribution in [0, 0.1) is 5.92 Å². The van der Waals surface area contributed by atoms with Gasteiger partial charge in [0.05, 0.1) is 31.0 Å². The molecule has 2 aliphatic rings. The normalized spacial score (nSPS) is 22.1. The smallest absolute Gasteiger partial charge is 0.325 e. The quantitative estimate of drug-likeness (QED) is 0.447. The molecular formula is C26H23Cl2N3O5. The van der Waals surface area contributed by atoms with Gasteiger partial charge in [0.2, 0.25) is 11.6 Å². The molecular weight excluding hydrogens is 505 g/mol. The number of anilines is 2. The van der Waals surface area contributed by atoms with Crippen molar-refractivity contribution in [1.82, 2.24) is 5.32 Å². The number of rotatable bonds is 5. The van der Waals surface area contributed by atoms with Crippen LogP contribution in [0.3, 0.4) is 0 Å². The van der Waals surface area contributed by atoms with Gasteiger partial charge < -0.3 is 24.8 Å². The third-order valence-electron chi connectivity index (χ3n) is 6.50. The molecule has 0 spiro atoms. The zero-order chi connectivity index (χ0) is 25.6. The van der Waals surface area contributed by atoms with Gasteiger partial charge >= 0.3 is 6.03 Å². The molecule has 5 rings (SSSR count). The average molecular weight is 528 g/mol. The van der Waals surface area contributed by atoms with E-state index in [0.717, 1.165) is 0 Å². The van der Waals surface area contributed by atoms with Gasteiger partial charge in [0.15, 0.2) is 0 Å². The molecule has 0 saturated carbocycles. The van der Waals surface area contributed by atoms with Crippen molar-refractivity contribution in [3.8, 4) is 17.2 Å². The van der Waals surface area contributed by atoms with Crippen LogP contribution in [0.25, 0.3) is 0 Å². The van der Waals surface area contributed by atoms with Crippen molar-refractivity contribution in [1.29, 1.82) is 0 Å². The van der Waals surface area contributed by atoms with E-state index in [1.54, 1.807) is 43.3 Å². The second-order valence-corrected chi connectivity index (χ2v) is 9.43. The lowest BCUT2D eigenvalue weighted by Gasteiger charge is -2.54. The van der Waals surface area contributed by atoms with Gasteiger partial charge in [-0.3, -0.25) is 9.69 Å². The Bertz CT molecular complexity index is 1350. The maximum atomic E-state index is 13.8. The maximum Gasteiger partial charge on any atom is 0.325 e. The number of hydrogen-bond donors (Lipinski definition) is 2. The van der Waals surface area contributed by atoms with E-state index in [1.165, 1.54) is 19.1 Å². The van der Waals surface area contributed by atoms with Crippen molar-refractivity contribution in [2.45, 2.75) is 18.7 Å². The number of methoxy groups -OCH3 is 2. The highest BCUT2D eigenvalue weighted by molar-refractivity contribution is 6.32. The first kappa shape index (κ1) is 24.1. The van der Waals surface area contributed by atoms with E-state index in [9.17, 15) is 9.59 Å². The Morgan fingerprint density at radius 1 is 1.06 bits per heavy atom. The van der Waals surface area contributed by atoms with E-state index >= 15 is 0 Å². The first-order chi connectivity index (χ1) is 17.3. The molecule has 3 atom stereocenters. The molecule has 10 heteroatoms. The van der Waals surface area contributed by atoms with Crippen LogP contribution in [-0.2, 0) is 4.79 Å². The van der Waals surface area contributed by atoms with E-state index < -0.39 is 23.7 Å². The number of nitrogens with one attached hydrogen (secondary N) is 2. The molecule has 0 radical (unpaired) electrons. The molecule has 36 heavy (non-hydrogen) atoms. The number of carbonyl (C=O) groups excluding carboxylic acids is 2. The Morgan fingerprint density at radius 3 is 2.44 bits per heavy atom. The van der Waals surface area contributed by atoms with Gasteiger partial charge in [-0.05, 0) is 43.3 Å². The lowest BCUT2D eigenvalue weighted by atomic mass is 9.78. The summed E-state index contributed by atoms with van der Waals surface area (Å²) in [5, 5.41) is 6.75. The molecule has 2 heterocycles. The van der Waals surface area contributed by atoms with Crippen LogP contribution in [0.5, 0.6) is 17.2 Å². The van der Waals surface area contributed by atoms with Crippen LogP contribution < -0.4 is 29.7 Å². The second-order valence-electron chi connectivity index (χ2n) is 8.59. The van der Waals surface area contributed by atoms with E-state index in [-0.39, 0.29) is 10.9 Å². The van der Waals surface area contributed by atoms with Gasteiger partial charge in [-0.1, -0.05) is 41.4 Å². The highest BCUT2D eigenvalue weighted by Crippen LogP contribution is 2.52. The average Bonchev–Trinajstić information content (AvgIpc) is 2.85. The van der Waals surface area contributed by atoms with Gasteiger partial charge in [0.25, 0.3) is 0 Å². The summed E-state index contributed by atoms with van der Waals surface area (Å²) in [6.07, 6.45) is 0. The van der Waals surface area contributed by atoms with Crippen molar-refractivity contribution in [3.05, 3.63) is 76.3 Å². The highest BCUT2D eigenvalue weighted by Gasteiger charge is 2.60. The monoisotopic (exact) mass is 527 g/mol. The SMILES string of the molecule is COc1cc(OC)c(N2C(=O)N[C@H]3c4ccccc4O[C@@]2(C)[C@@H]3C(=O)Nc2ccc(Cl)cc2)cc1Cl. The largest absolute Gasteiger partial charge is 0.495 e. The summed E-state index contributed by atoms with van der Waals surface area (Å²) in [5.74, 6) is 0.0634. The van der Waals surface area contributed by atoms with Crippen molar-refractivity contribution < 1.29 is 23.8 Å². The van der Waals surface area contributed by atoms with Crippen molar-refractivity contribution >= 4 is 46.5 Å². The number of amides is 3. The van der Waals surface area contributed by atoms with Gasteiger partial charge in [0, 0.05) is 22.3 Å². The molecule has 3 aromatic rings. The van der Waals surface area contributed by atoms with Gasteiger partial charge in [0.1, 0.15) is 23.2 Å². The fourth-order valence-corrected chi connectivity index (χ4v) is 5.23. The van der Waals surface area contributed by atoms with E-state index in [1.807, 2.05) is 24.3 Å². The number of halogens is 2. The summed E-state index contributed by atoms with van der Waals surface area (Å²) in [6.45, 7) is 1.71. The number of benzene rings is 3. The van der Waals surface area contributed by atoms with Crippen LogP contribution in [0.15, 0.2) is 60.7 Å². The molecule has 2 aliphatic heterocycles. The third kappa shape index (κ3) is 3.86. The summed E-state index contributed by atoms with van der Waals surface area (Å²) in [6, 6.07) is 16.1. The summed E-state index contributed by atoms with van der Waals surface area (Å²) in [7, 11) is 2.96. The highest BCUT2D eigenvalue weighted by atomic mass is 35.5. The topological polar surface area (TPSA) is 89.1 Å². The van der Waals surface area contributed by atoms with Crippen LogP contribution in [-0.4, -0.2) is 31.9 Å². The van der Waals surface area contributed by atoms with Gasteiger partial charge in [-0.15, -0.1) is 0 Å². The predicted octanol–water partition coefficient (Wildman–Crippen LogP) is 5.65. The first-order valence-electron chi connectivity index (χ1n) is 11.1. The van der Waals surface area contributed by atoms with Gasteiger partial charge in [-0.25, -0.2) is 4.79 Å². The molecule has 0 aromatic heterocycles. The Morgan fingerprint density at radius 2 is 1.75 bits per heavy atom. The number of hydrogen-bond acceptors (Lipinski definition) is 5. The zero-order valence-electron chi connectivity index (χ0n) is 19.7. The third-order valence-corrected chi connectivity index (χ3v) is 7.04. The number of carbonyl (C=O) groups is 2. The van der Waals surface area contributed by atoms with Crippen LogP contribution in [0.1, 0.15) is 18.5 Å². The molecule has 2 bridgehead atoms. The minimum Gasteiger partial charge on any atom is -0.495 e. The minimum absolute atomic E-state index is 0.269. The van der Waals surface area contributed by atoms with Crippen LogP contribution in [0.4, 0.5) is 16.2 Å². The number of para-hydroxylation sites is 1. The lowest BCUT2D eigenvalue weighted by Crippen LogP contribution is -2.72. The summed E-state index contributed by atoms with van der Waals surface area (Å²) >= 11 is 12.4. The first-order valence-corrected chi connectivity index (χ1v) is 11.9. The molecule has 1 fully saturated rings. The Labute approximate surface area is 218 Å². The maximum absolute atomic E-state index is 13.8. The number of urea groups is 1. The van der Waals surface area contributed by atoms with Crippen molar-refractivity contribution in [2.75, 3.05) is 24.4 Å².